The maximum atomic E-state index is 12.4. The van der Waals surface area contributed by atoms with E-state index in [1.807, 2.05) is 45.9 Å². The highest BCUT2D eigenvalue weighted by Crippen LogP contribution is 2.41. The second-order valence-electron chi connectivity index (χ2n) is 6.18. The molecule has 0 radical (unpaired) electrons. The highest BCUT2D eigenvalue weighted by atomic mass is 16.2. The quantitative estimate of drug-likeness (QED) is 0.927. The third kappa shape index (κ3) is 2.85. The highest BCUT2D eigenvalue weighted by Gasteiger charge is 2.34. The fourth-order valence-electron chi connectivity index (χ4n) is 2.99. The first-order valence-corrected chi connectivity index (χ1v) is 7.73. The molecule has 1 aromatic carbocycles. The number of amides is 2. The normalized spacial score (nSPS) is 15.8. The molecular weight excluding hydrogens is 274 g/mol. The molecule has 4 heteroatoms. The second kappa shape index (κ2) is 6.23. The predicted octanol–water partition coefficient (Wildman–Crippen LogP) is 3.55. The average Bonchev–Trinajstić information content (AvgIpc) is 2.47. The number of benzene rings is 1. The van der Waals surface area contributed by atoms with E-state index in [2.05, 4.69) is 17.5 Å². The zero-order valence-corrected chi connectivity index (χ0v) is 13.7. The van der Waals surface area contributed by atoms with Crippen molar-refractivity contribution in [1.29, 1.82) is 5.26 Å². The number of urea groups is 1. The maximum Gasteiger partial charge on any atom is 0.321 e. The third-order valence-corrected chi connectivity index (χ3v) is 4.24. The summed E-state index contributed by atoms with van der Waals surface area (Å²) in [5.74, 6) is 0. The molecule has 0 unspecified atom stereocenters. The lowest BCUT2D eigenvalue weighted by Gasteiger charge is -2.33. The molecule has 1 aromatic rings. The number of rotatable bonds is 3. The fourth-order valence-corrected chi connectivity index (χ4v) is 2.99. The van der Waals surface area contributed by atoms with Gasteiger partial charge in [-0.2, -0.15) is 5.26 Å². The summed E-state index contributed by atoms with van der Waals surface area (Å²) in [6.07, 6.45) is 0.802. The van der Waals surface area contributed by atoms with Crippen LogP contribution < -0.4 is 5.32 Å². The van der Waals surface area contributed by atoms with E-state index in [-0.39, 0.29) is 11.4 Å². The Labute approximate surface area is 132 Å². The zero-order valence-electron chi connectivity index (χ0n) is 13.7. The average molecular weight is 297 g/mol. The topological polar surface area (TPSA) is 56.1 Å². The van der Waals surface area contributed by atoms with E-state index in [1.54, 1.807) is 4.90 Å². The summed E-state index contributed by atoms with van der Waals surface area (Å²) in [5.41, 5.74) is 3.15. The number of fused-ring (bicyclic) bond motifs is 1. The van der Waals surface area contributed by atoms with E-state index < -0.39 is 0 Å². The number of nitriles is 1. The largest absolute Gasteiger partial charge is 0.325 e. The summed E-state index contributed by atoms with van der Waals surface area (Å²) >= 11 is 0. The van der Waals surface area contributed by atoms with Crippen LogP contribution in [0.4, 0.5) is 4.79 Å². The molecule has 116 valence electrons. The van der Waals surface area contributed by atoms with Crippen LogP contribution in [0.1, 0.15) is 38.8 Å². The molecule has 0 atom stereocenters. The minimum atomic E-state index is -0.283. The van der Waals surface area contributed by atoms with Gasteiger partial charge in [0, 0.05) is 24.1 Å². The van der Waals surface area contributed by atoms with Gasteiger partial charge in [-0.3, -0.25) is 0 Å². The summed E-state index contributed by atoms with van der Waals surface area (Å²) in [5, 5.41) is 12.6. The van der Waals surface area contributed by atoms with Crippen LogP contribution in [0.5, 0.6) is 0 Å². The van der Waals surface area contributed by atoms with Crippen molar-refractivity contribution in [2.75, 3.05) is 13.1 Å². The van der Waals surface area contributed by atoms with E-state index >= 15 is 0 Å². The van der Waals surface area contributed by atoms with Crippen LogP contribution in [0, 0.1) is 16.7 Å². The van der Waals surface area contributed by atoms with Crippen LogP contribution in [0.25, 0.3) is 5.70 Å². The maximum absolute atomic E-state index is 12.4. The monoisotopic (exact) mass is 297 g/mol. The fraction of sp³-hybridized carbons (Fsp3) is 0.444. The lowest BCUT2D eigenvalue weighted by atomic mass is 9.72. The van der Waals surface area contributed by atoms with Gasteiger partial charge in [-0.25, -0.2) is 4.79 Å². The van der Waals surface area contributed by atoms with Crippen molar-refractivity contribution in [3.8, 4) is 6.07 Å². The Morgan fingerprint density at radius 2 is 1.95 bits per heavy atom. The van der Waals surface area contributed by atoms with E-state index in [0.717, 1.165) is 12.0 Å². The molecule has 2 amide bonds. The Morgan fingerprint density at radius 3 is 2.55 bits per heavy atom. The van der Waals surface area contributed by atoms with Crippen molar-refractivity contribution in [3.05, 3.63) is 41.0 Å². The summed E-state index contributed by atoms with van der Waals surface area (Å²) in [6.45, 7) is 9.27. The number of nitrogens with one attached hydrogen (secondary N) is 1. The van der Waals surface area contributed by atoms with E-state index in [0.29, 0.717) is 24.4 Å². The molecule has 4 nitrogen and oxygen atoms in total. The van der Waals surface area contributed by atoms with Gasteiger partial charge in [-0.15, -0.1) is 0 Å². The number of allylic oxidation sites excluding steroid dienone is 1. The molecule has 0 saturated carbocycles. The molecule has 0 aromatic heterocycles. The standard InChI is InChI=1S/C18H23N3O/c1-5-21(6-2)17(22)20-16-14-10-8-7-9-13(14)11-18(3,4)15(16)12-19/h7-10H,5-6,11H2,1-4H3,(H,20,22). The summed E-state index contributed by atoms with van der Waals surface area (Å²) in [7, 11) is 0. The first-order valence-electron chi connectivity index (χ1n) is 7.73. The van der Waals surface area contributed by atoms with E-state index in [4.69, 9.17) is 0 Å². The molecule has 1 aliphatic carbocycles. The van der Waals surface area contributed by atoms with Crippen LogP contribution in [0.2, 0.25) is 0 Å². The molecule has 0 bridgehead atoms. The van der Waals surface area contributed by atoms with Gasteiger partial charge in [0.2, 0.25) is 0 Å². The van der Waals surface area contributed by atoms with Crippen LogP contribution in [-0.2, 0) is 6.42 Å². The van der Waals surface area contributed by atoms with Crippen LogP contribution in [0.3, 0.4) is 0 Å². The van der Waals surface area contributed by atoms with E-state index in [1.165, 1.54) is 5.56 Å². The van der Waals surface area contributed by atoms with E-state index in [9.17, 15) is 10.1 Å². The Bertz CT molecular complexity index is 649. The number of hydrogen-bond acceptors (Lipinski definition) is 2. The second-order valence-corrected chi connectivity index (χ2v) is 6.18. The van der Waals surface area contributed by atoms with Crippen molar-refractivity contribution in [1.82, 2.24) is 10.2 Å². The van der Waals surface area contributed by atoms with Gasteiger partial charge in [-0.1, -0.05) is 38.1 Å². The molecule has 2 rings (SSSR count). The van der Waals surface area contributed by atoms with Crippen molar-refractivity contribution in [3.63, 3.8) is 0 Å². The van der Waals surface area contributed by atoms with Crippen LogP contribution in [0.15, 0.2) is 29.8 Å². The zero-order chi connectivity index (χ0) is 16.3. The van der Waals surface area contributed by atoms with Gasteiger partial charge < -0.3 is 10.2 Å². The third-order valence-electron chi connectivity index (χ3n) is 4.24. The molecule has 22 heavy (non-hydrogen) atoms. The van der Waals surface area contributed by atoms with Crippen molar-refractivity contribution >= 4 is 11.7 Å². The van der Waals surface area contributed by atoms with Crippen molar-refractivity contribution in [2.24, 2.45) is 5.41 Å². The Hall–Kier alpha value is -2.28. The molecule has 0 saturated heterocycles. The SMILES string of the molecule is CCN(CC)C(=O)NC1=C(C#N)C(C)(C)Cc2ccccc21. The lowest BCUT2D eigenvalue weighted by molar-refractivity contribution is 0.207. The Balaban J connectivity index is 2.50. The number of carbonyl (C=O) groups is 1. The molecule has 0 fully saturated rings. The van der Waals surface area contributed by atoms with Crippen molar-refractivity contribution in [2.45, 2.75) is 34.1 Å². The first kappa shape index (κ1) is 16.1. The van der Waals surface area contributed by atoms with Crippen molar-refractivity contribution < 1.29 is 4.79 Å². The lowest BCUT2D eigenvalue weighted by Crippen LogP contribution is -2.40. The minimum absolute atomic E-state index is 0.153. The van der Waals surface area contributed by atoms with Crippen LogP contribution >= 0.6 is 0 Å². The van der Waals surface area contributed by atoms with Gasteiger partial charge >= 0.3 is 6.03 Å². The summed E-state index contributed by atoms with van der Waals surface area (Å²) in [6, 6.07) is 10.1. The molecule has 0 heterocycles. The molecular formula is C18H23N3O. The highest BCUT2D eigenvalue weighted by molar-refractivity contribution is 5.89. The summed E-state index contributed by atoms with van der Waals surface area (Å²) in [4.78, 5) is 14.1. The van der Waals surface area contributed by atoms with Crippen LogP contribution in [-0.4, -0.2) is 24.0 Å². The van der Waals surface area contributed by atoms with Gasteiger partial charge in [-0.05, 0) is 25.8 Å². The smallest absolute Gasteiger partial charge is 0.321 e. The molecule has 0 spiro atoms. The van der Waals surface area contributed by atoms with Gasteiger partial charge in [0.05, 0.1) is 17.3 Å². The molecule has 1 N–H and O–H groups in total. The predicted molar refractivity (Wildman–Crippen MR) is 87.9 cm³/mol. The Kier molecular flexibility index (Phi) is 4.56. The van der Waals surface area contributed by atoms with Gasteiger partial charge in [0.25, 0.3) is 0 Å². The molecule has 1 aliphatic rings. The first-order chi connectivity index (χ1) is 10.4. The molecule has 0 aliphatic heterocycles. The summed E-state index contributed by atoms with van der Waals surface area (Å²) < 4.78 is 0. The van der Waals surface area contributed by atoms with Gasteiger partial charge in [0.15, 0.2) is 0 Å². The number of hydrogen-bond donors (Lipinski definition) is 1. The Morgan fingerprint density at radius 1 is 1.32 bits per heavy atom. The van der Waals surface area contributed by atoms with Gasteiger partial charge in [0.1, 0.15) is 0 Å². The number of nitrogens with zero attached hydrogens (tertiary/aromatic N) is 2. The number of carbonyl (C=O) groups excluding carboxylic acids is 1. The minimum Gasteiger partial charge on any atom is -0.325 e.